The van der Waals surface area contributed by atoms with Crippen LogP contribution < -0.4 is 5.32 Å². The van der Waals surface area contributed by atoms with Gasteiger partial charge in [0.05, 0.1) is 41.0 Å². The molecule has 0 saturated carbocycles. The predicted octanol–water partition coefficient (Wildman–Crippen LogP) is 3.59. The van der Waals surface area contributed by atoms with Crippen molar-refractivity contribution >= 4 is 7.82 Å². The molecule has 0 aromatic carbocycles. The Kier molecular flexibility index (Phi) is 19.6. The molecule has 0 aliphatic rings. The van der Waals surface area contributed by atoms with Gasteiger partial charge in [0.15, 0.2) is 0 Å². The molecule has 0 heterocycles. The first-order valence-electron chi connectivity index (χ1n) is 11.5. The van der Waals surface area contributed by atoms with Gasteiger partial charge in [-0.15, -0.1) is 0 Å². The van der Waals surface area contributed by atoms with Crippen LogP contribution in [0.3, 0.4) is 0 Å². The molecule has 0 aliphatic carbocycles. The number of nitrogens with zero attached hydrogens (tertiary/aromatic N) is 1. The third kappa shape index (κ3) is 24.2. The van der Waals surface area contributed by atoms with E-state index in [1.807, 2.05) is 21.1 Å². The van der Waals surface area contributed by atoms with E-state index in [2.05, 4.69) is 5.32 Å². The fourth-order valence-electron chi connectivity index (χ4n) is 2.73. The first-order chi connectivity index (χ1) is 14.3. The molecule has 30 heavy (non-hydrogen) atoms. The quantitative estimate of drug-likeness (QED) is 0.138. The van der Waals surface area contributed by atoms with Crippen molar-refractivity contribution in [1.82, 2.24) is 5.32 Å². The number of rotatable bonds is 23. The van der Waals surface area contributed by atoms with E-state index in [1.54, 1.807) is 7.11 Å². The summed E-state index contributed by atoms with van der Waals surface area (Å²) >= 11 is 0. The van der Waals surface area contributed by atoms with Gasteiger partial charge in [-0.25, -0.2) is 4.57 Å². The maximum Gasteiger partial charge on any atom is 0.472 e. The Balaban J connectivity index is 3.26. The van der Waals surface area contributed by atoms with Gasteiger partial charge < -0.3 is 24.2 Å². The number of likely N-dealkylation sites (N-methyl/N-ethyl adjacent to an activating group) is 1. The summed E-state index contributed by atoms with van der Waals surface area (Å²) in [6, 6.07) is 0. The molecular weight excluding hydrogens is 407 g/mol. The second-order valence-electron chi connectivity index (χ2n) is 8.69. The van der Waals surface area contributed by atoms with Gasteiger partial charge in [-0.2, -0.15) is 0 Å². The van der Waals surface area contributed by atoms with Crippen LogP contribution in [0.2, 0.25) is 0 Å². The zero-order chi connectivity index (χ0) is 22.6. The van der Waals surface area contributed by atoms with Crippen molar-refractivity contribution in [2.75, 3.05) is 80.9 Å². The Bertz CT molecular complexity index is 421. The molecule has 8 nitrogen and oxygen atoms in total. The standard InChI is InChI=1S/C21H47N2O6P/c1-23(2,3)16-19-29-30(24,25)28-18-12-10-8-6-5-7-9-11-14-22-15-13-17-27-21-20-26-4/h22H,5-21H2,1-4H3/p+1. The second-order valence-corrected chi connectivity index (χ2v) is 10.1. The first kappa shape index (κ1) is 29.9. The van der Waals surface area contributed by atoms with Gasteiger partial charge in [0.25, 0.3) is 0 Å². The van der Waals surface area contributed by atoms with Crippen molar-refractivity contribution in [1.29, 1.82) is 0 Å². The minimum atomic E-state index is -3.90. The molecular formula is C21H48N2O6P+. The number of quaternary nitrogens is 1. The zero-order valence-electron chi connectivity index (χ0n) is 19.9. The third-order valence-electron chi connectivity index (χ3n) is 4.59. The lowest BCUT2D eigenvalue weighted by Crippen LogP contribution is -2.37. The van der Waals surface area contributed by atoms with Gasteiger partial charge in [0.2, 0.25) is 0 Å². The van der Waals surface area contributed by atoms with Crippen molar-refractivity contribution < 1.29 is 32.5 Å². The molecule has 0 spiro atoms. The van der Waals surface area contributed by atoms with Gasteiger partial charge in [-0.3, -0.25) is 9.05 Å². The summed E-state index contributed by atoms with van der Waals surface area (Å²) in [7, 11) is 3.81. The lowest BCUT2D eigenvalue weighted by Gasteiger charge is -2.24. The molecule has 0 fully saturated rings. The van der Waals surface area contributed by atoms with Crippen LogP contribution in [0.15, 0.2) is 0 Å². The Hall–Kier alpha value is -0.0500. The Labute approximate surface area is 184 Å². The van der Waals surface area contributed by atoms with Crippen LogP contribution in [0.25, 0.3) is 0 Å². The lowest BCUT2D eigenvalue weighted by atomic mass is 10.1. The Morgan fingerprint density at radius 1 is 0.733 bits per heavy atom. The predicted molar refractivity (Wildman–Crippen MR) is 122 cm³/mol. The molecule has 0 bridgehead atoms. The van der Waals surface area contributed by atoms with Crippen LogP contribution in [0.4, 0.5) is 0 Å². The molecule has 0 aromatic rings. The highest BCUT2D eigenvalue weighted by Gasteiger charge is 2.21. The van der Waals surface area contributed by atoms with Crippen molar-refractivity contribution in [2.45, 2.75) is 57.8 Å². The van der Waals surface area contributed by atoms with E-state index in [0.29, 0.717) is 24.2 Å². The maximum absolute atomic E-state index is 11.8. The molecule has 1 atom stereocenters. The summed E-state index contributed by atoms with van der Waals surface area (Å²) in [6.45, 7) is 5.38. The normalized spacial score (nSPS) is 14.2. The number of hydrogen-bond donors (Lipinski definition) is 2. The summed E-state index contributed by atoms with van der Waals surface area (Å²) < 4.78 is 32.8. The third-order valence-corrected chi connectivity index (χ3v) is 5.61. The monoisotopic (exact) mass is 455 g/mol. The van der Waals surface area contributed by atoms with Crippen molar-refractivity contribution in [3.05, 3.63) is 0 Å². The van der Waals surface area contributed by atoms with E-state index in [1.165, 1.54) is 32.1 Å². The maximum atomic E-state index is 11.8. The Morgan fingerprint density at radius 2 is 1.30 bits per heavy atom. The number of ether oxygens (including phenoxy) is 2. The molecule has 1 unspecified atom stereocenters. The van der Waals surface area contributed by atoms with E-state index < -0.39 is 7.82 Å². The average Bonchev–Trinajstić information content (AvgIpc) is 2.65. The largest absolute Gasteiger partial charge is 0.472 e. The number of phosphoric ester groups is 1. The first-order valence-corrected chi connectivity index (χ1v) is 13.0. The average molecular weight is 456 g/mol. The molecule has 0 aromatic heterocycles. The number of phosphoric acid groups is 1. The molecule has 9 heteroatoms. The van der Waals surface area contributed by atoms with Gasteiger partial charge in [0, 0.05) is 13.7 Å². The lowest BCUT2D eigenvalue weighted by molar-refractivity contribution is -0.870. The van der Waals surface area contributed by atoms with Crippen molar-refractivity contribution in [3.8, 4) is 0 Å². The fourth-order valence-corrected chi connectivity index (χ4v) is 3.48. The highest BCUT2D eigenvalue weighted by molar-refractivity contribution is 7.47. The van der Waals surface area contributed by atoms with Crippen LogP contribution in [0, 0.1) is 0 Å². The van der Waals surface area contributed by atoms with Crippen LogP contribution in [-0.4, -0.2) is 90.3 Å². The van der Waals surface area contributed by atoms with Gasteiger partial charge in [-0.1, -0.05) is 38.5 Å². The highest BCUT2D eigenvalue weighted by atomic mass is 31.2. The number of hydrogen-bond acceptors (Lipinski definition) is 6. The summed E-state index contributed by atoms with van der Waals surface area (Å²) in [6.07, 6.45) is 10.2. The number of methoxy groups -OCH3 is 1. The number of unbranched alkanes of at least 4 members (excludes halogenated alkanes) is 7. The molecule has 0 amide bonds. The highest BCUT2D eigenvalue weighted by Crippen LogP contribution is 2.43. The van der Waals surface area contributed by atoms with Crippen LogP contribution in [-0.2, 0) is 23.1 Å². The van der Waals surface area contributed by atoms with Crippen molar-refractivity contribution in [2.24, 2.45) is 0 Å². The van der Waals surface area contributed by atoms with Crippen LogP contribution >= 0.6 is 7.82 Å². The molecule has 0 aliphatic heterocycles. The smallest absolute Gasteiger partial charge is 0.382 e. The van der Waals surface area contributed by atoms with E-state index in [-0.39, 0.29) is 13.2 Å². The summed E-state index contributed by atoms with van der Waals surface area (Å²) in [5.74, 6) is 0. The summed E-state index contributed by atoms with van der Waals surface area (Å²) in [5, 5.41) is 3.45. The van der Waals surface area contributed by atoms with Gasteiger partial charge >= 0.3 is 7.82 Å². The second kappa shape index (κ2) is 19.6. The SMILES string of the molecule is COCCOCCCNCCCCCCCCCCOP(=O)(O)OCC[N+](C)(C)C. The Morgan fingerprint density at radius 3 is 1.93 bits per heavy atom. The minimum absolute atomic E-state index is 0.218. The van der Waals surface area contributed by atoms with E-state index in [0.717, 1.165) is 45.4 Å². The minimum Gasteiger partial charge on any atom is -0.382 e. The summed E-state index contributed by atoms with van der Waals surface area (Å²) in [5.41, 5.74) is 0. The van der Waals surface area contributed by atoms with Crippen LogP contribution in [0.1, 0.15) is 57.8 Å². The molecule has 0 rings (SSSR count). The van der Waals surface area contributed by atoms with E-state index in [9.17, 15) is 9.46 Å². The molecule has 182 valence electrons. The van der Waals surface area contributed by atoms with Gasteiger partial charge in [-0.05, 0) is 32.4 Å². The topological polar surface area (TPSA) is 86.2 Å². The van der Waals surface area contributed by atoms with Gasteiger partial charge in [0.1, 0.15) is 13.2 Å². The fraction of sp³-hybridized carbons (Fsp3) is 1.00. The zero-order valence-corrected chi connectivity index (χ0v) is 20.8. The molecule has 0 radical (unpaired) electrons. The van der Waals surface area contributed by atoms with Crippen molar-refractivity contribution in [3.63, 3.8) is 0 Å². The van der Waals surface area contributed by atoms with Crippen LogP contribution in [0.5, 0.6) is 0 Å². The van der Waals surface area contributed by atoms with E-state index in [4.69, 9.17) is 18.5 Å². The summed E-state index contributed by atoms with van der Waals surface area (Å²) in [4.78, 5) is 9.63. The number of nitrogens with one attached hydrogen (secondary N) is 1. The van der Waals surface area contributed by atoms with E-state index >= 15 is 0 Å². The molecule has 2 N–H and O–H groups in total. The molecule has 0 saturated heterocycles.